The maximum Gasteiger partial charge on any atom is 0.277 e. The first kappa shape index (κ1) is 22.5. The van der Waals surface area contributed by atoms with E-state index in [1.165, 1.54) is 0 Å². The largest absolute Gasteiger partial charge is 0.484 e. The van der Waals surface area contributed by atoms with E-state index in [4.69, 9.17) is 4.74 Å². The first-order chi connectivity index (χ1) is 15.8. The molecule has 4 rings (SSSR count). The number of amides is 2. The van der Waals surface area contributed by atoms with Crippen LogP contribution < -0.4 is 10.1 Å². The summed E-state index contributed by atoms with van der Waals surface area (Å²) in [4.78, 5) is 29.4. The van der Waals surface area contributed by atoms with Crippen LogP contribution in [0.25, 0.3) is 11.1 Å². The van der Waals surface area contributed by atoms with Gasteiger partial charge in [-0.15, -0.1) is 0 Å². The molecular weight excluding hydrogens is 418 g/mol. The number of ether oxygens (including phenoxy) is 1. The number of hydroxylamine groups is 2. The third-order valence-electron chi connectivity index (χ3n) is 5.53. The van der Waals surface area contributed by atoms with Crippen molar-refractivity contribution in [1.82, 2.24) is 15.4 Å². The zero-order valence-electron chi connectivity index (χ0n) is 18.9. The van der Waals surface area contributed by atoms with Crippen LogP contribution in [-0.4, -0.2) is 33.6 Å². The van der Waals surface area contributed by atoms with E-state index in [0.29, 0.717) is 11.1 Å². The van der Waals surface area contributed by atoms with Gasteiger partial charge in [0.1, 0.15) is 11.9 Å². The van der Waals surface area contributed by atoms with E-state index in [-0.39, 0.29) is 31.0 Å². The molecule has 1 aliphatic heterocycles. The molecule has 2 aromatic carbocycles. The Labute approximate surface area is 193 Å². The summed E-state index contributed by atoms with van der Waals surface area (Å²) >= 11 is 0. The molecule has 1 unspecified atom stereocenters. The zero-order chi connectivity index (χ0) is 23.5. The molecule has 0 fully saturated rings. The lowest BCUT2D eigenvalue weighted by Gasteiger charge is -2.26. The third kappa shape index (κ3) is 4.88. The second-order valence-electron chi connectivity index (χ2n) is 8.60. The smallest absolute Gasteiger partial charge is 0.277 e. The number of fused-ring (bicyclic) bond motifs is 3. The van der Waals surface area contributed by atoms with E-state index >= 15 is 0 Å². The number of aromatic nitrogens is 1. The predicted octanol–water partition coefficient (Wildman–Crippen LogP) is 4.62. The first-order valence-electron chi connectivity index (χ1n) is 11.0. The van der Waals surface area contributed by atoms with E-state index in [0.717, 1.165) is 33.1 Å². The predicted molar refractivity (Wildman–Crippen MR) is 124 cm³/mol. The molecule has 0 bridgehead atoms. The van der Waals surface area contributed by atoms with Crippen LogP contribution in [0.4, 0.5) is 0 Å². The van der Waals surface area contributed by atoms with E-state index in [1.54, 1.807) is 36.7 Å². The Balaban J connectivity index is 1.46. The van der Waals surface area contributed by atoms with Crippen LogP contribution in [0, 0.1) is 5.92 Å². The average molecular weight is 446 g/mol. The van der Waals surface area contributed by atoms with E-state index in [9.17, 15) is 14.8 Å². The number of nitrogens with zero attached hydrogens (tertiary/aromatic N) is 2. The van der Waals surface area contributed by atoms with E-state index in [1.807, 2.05) is 45.0 Å². The molecule has 7 nitrogen and oxygen atoms in total. The topological polar surface area (TPSA) is 91.8 Å². The van der Waals surface area contributed by atoms with Gasteiger partial charge in [-0.2, -0.15) is 0 Å². The molecule has 0 saturated carbocycles. The lowest BCUT2D eigenvalue weighted by molar-refractivity contribution is -0.0647. The summed E-state index contributed by atoms with van der Waals surface area (Å²) in [6.45, 7) is 6.30. The molecule has 33 heavy (non-hydrogen) atoms. The van der Waals surface area contributed by atoms with Crippen LogP contribution in [0.5, 0.6) is 5.75 Å². The van der Waals surface area contributed by atoms with Crippen molar-refractivity contribution in [3.8, 4) is 16.9 Å². The maximum atomic E-state index is 12.8. The summed E-state index contributed by atoms with van der Waals surface area (Å²) in [5, 5.41) is 13.6. The Bertz CT molecular complexity index is 1190. The van der Waals surface area contributed by atoms with Gasteiger partial charge in [-0.05, 0) is 54.3 Å². The highest BCUT2D eigenvalue weighted by Crippen LogP contribution is 2.41. The Morgan fingerprint density at radius 3 is 2.73 bits per heavy atom. The molecule has 0 saturated heterocycles. The highest BCUT2D eigenvalue weighted by atomic mass is 16.5. The van der Waals surface area contributed by atoms with Crippen molar-refractivity contribution in [2.45, 2.75) is 33.4 Å². The minimum absolute atomic E-state index is 0.149. The first-order valence-corrected chi connectivity index (χ1v) is 11.0. The van der Waals surface area contributed by atoms with Crippen molar-refractivity contribution in [1.29, 1.82) is 0 Å². The summed E-state index contributed by atoms with van der Waals surface area (Å²) < 4.78 is 5.95. The number of carbonyl (C=O) groups is 2. The normalized spacial score (nSPS) is 14.2. The van der Waals surface area contributed by atoms with Crippen LogP contribution >= 0.6 is 0 Å². The number of benzene rings is 2. The highest BCUT2D eigenvalue weighted by molar-refractivity contribution is 5.96. The van der Waals surface area contributed by atoms with Gasteiger partial charge in [0.05, 0.1) is 12.7 Å². The Kier molecular flexibility index (Phi) is 6.42. The van der Waals surface area contributed by atoms with Gasteiger partial charge in [0.25, 0.3) is 11.8 Å². The van der Waals surface area contributed by atoms with Gasteiger partial charge >= 0.3 is 0 Å². The van der Waals surface area contributed by atoms with Crippen LogP contribution in [0.15, 0.2) is 60.9 Å². The Morgan fingerprint density at radius 1 is 1.12 bits per heavy atom. The molecule has 0 spiro atoms. The fourth-order valence-electron chi connectivity index (χ4n) is 3.91. The summed E-state index contributed by atoms with van der Waals surface area (Å²) in [5.41, 5.74) is 4.61. The summed E-state index contributed by atoms with van der Waals surface area (Å²) in [6.07, 6.45) is 3.23. The van der Waals surface area contributed by atoms with E-state index in [2.05, 4.69) is 10.3 Å². The molecule has 3 aromatic rings. The van der Waals surface area contributed by atoms with Gasteiger partial charge in [-0.3, -0.25) is 19.8 Å². The van der Waals surface area contributed by atoms with Gasteiger partial charge < -0.3 is 10.1 Å². The Morgan fingerprint density at radius 2 is 1.94 bits per heavy atom. The maximum absolute atomic E-state index is 12.8. The molecule has 0 radical (unpaired) electrons. The van der Waals surface area contributed by atoms with Crippen molar-refractivity contribution < 1.29 is 19.5 Å². The molecule has 1 atom stereocenters. The molecule has 7 heteroatoms. The van der Waals surface area contributed by atoms with Crippen molar-refractivity contribution >= 4 is 11.8 Å². The van der Waals surface area contributed by atoms with Gasteiger partial charge in [0.2, 0.25) is 0 Å². The Hall–Kier alpha value is -3.71. The standard InChI is InChI=1S/C26H27N3O4/c1-16(2)15-29(32)26(31)20-6-4-5-18(11-20)13-28-25(30)19-7-8-21-22-9-10-27-14-24(22)33-17(3)23(21)12-19/h4-12,14,16-17,32H,13,15H2,1-3H3,(H,28,30). The van der Waals surface area contributed by atoms with Crippen molar-refractivity contribution in [2.24, 2.45) is 5.92 Å². The van der Waals surface area contributed by atoms with Gasteiger partial charge in [-0.25, -0.2) is 5.06 Å². The van der Waals surface area contributed by atoms with Crippen LogP contribution in [-0.2, 0) is 6.54 Å². The highest BCUT2D eigenvalue weighted by Gasteiger charge is 2.24. The number of hydrogen-bond donors (Lipinski definition) is 2. The van der Waals surface area contributed by atoms with Crippen molar-refractivity contribution in [3.63, 3.8) is 0 Å². The molecule has 2 N–H and O–H groups in total. The SMILES string of the molecule is CC(C)CN(O)C(=O)c1cccc(CNC(=O)c2ccc3c(c2)C(C)Oc2cnccc2-3)c1. The van der Waals surface area contributed by atoms with Crippen LogP contribution in [0.3, 0.4) is 0 Å². The van der Waals surface area contributed by atoms with Crippen LogP contribution in [0.1, 0.15) is 58.7 Å². The molecular formula is C26H27N3O4. The molecule has 170 valence electrons. The number of carbonyl (C=O) groups excluding carboxylic acids is 2. The second kappa shape index (κ2) is 9.42. The molecule has 0 aliphatic carbocycles. The number of hydrogen-bond acceptors (Lipinski definition) is 5. The quantitative estimate of drug-likeness (QED) is 0.427. The monoisotopic (exact) mass is 445 g/mol. The summed E-state index contributed by atoms with van der Waals surface area (Å²) in [6, 6.07) is 14.4. The average Bonchev–Trinajstić information content (AvgIpc) is 2.81. The number of pyridine rings is 1. The fourth-order valence-corrected chi connectivity index (χ4v) is 3.91. The van der Waals surface area contributed by atoms with Crippen molar-refractivity contribution in [2.75, 3.05) is 6.54 Å². The minimum atomic E-state index is -0.462. The van der Waals surface area contributed by atoms with Gasteiger partial charge in [0.15, 0.2) is 0 Å². The molecule has 2 heterocycles. The van der Waals surface area contributed by atoms with Gasteiger partial charge in [0, 0.05) is 35.0 Å². The molecule has 2 amide bonds. The molecule has 1 aliphatic rings. The lowest BCUT2D eigenvalue weighted by atomic mass is 9.92. The number of rotatable bonds is 6. The zero-order valence-corrected chi connectivity index (χ0v) is 18.9. The fraction of sp³-hybridized carbons (Fsp3) is 0.269. The number of nitrogens with one attached hydrogen (secondary N) is 1. The summed E-state index contributed by atoms with van der Waals surface area (Å²) in [5.74, 6) is 0.206. The second-order valence-corrected chi connectivity index (χ2v) is 8.60. The molecule has 1 aromatic heterocycles. The van der Waals surface area contributed by atoms with Crippen molar-refractivity contribution in [3.05, 3.63) is 83.2 Å². The van der Waals surface area contributed by atoms with E-state index < -0.39 is 5.91 Å². The summed E-state index contributed by atoms with van der Waals surface area (Å²) in [7, 11) is 0. The minimum Gasteiger partial charge on any atom is -0.484 e. The third-order valence-corrected chi connectivity index (χ3v) is 5.53. The lowest BCUT2D eigenvalue weighted by Crippen LogP contribution is -2.31. The van der Waals surface area contributed by atoms with Gasteiger partial charge in [-0.1, -0.05) is 32.0 Å². The van der Waals surface area contributed by atoms with Crippen LogP contribution in [0.2, 0.25) is 0 Å².